The third kappa shape index (κ3) is 7.16. The topological polar surface area (TPSA) is 63.6 Å². The summed E-state index contributed by atoms with van der Waals surface area (Å²) in [7, 11) is 0. The fraction of sp³-hybridized carbons (Fsp3) is 0.600. The van der Waals surface area contributed by atoms with Gasteiger partial charge in [-0.2, -0.15) is 0 Å². The summed E-state index contributed by atoms with van der Waals surface area (Å²) in [6.45, 7) is 11.6. The van der Waals surface area contributed by atoms with Crippen molar-refractivity contribution in [2.45, 2.75) is 64.9 Å². The molecule has 3 atom stereocenters. The van der Waals surface area contributed by atoms with E-state index in [-0.39, 0.29) is 17.5 Å². The van der Waals surface area contributed by atoms with E-state index in [2.05, 4.69) is 26.2 Å². The lowest BCUT2D eigenvalue weighted by molar-refractivity contribution is -0.147. The minimum absolute atomic E-state index is 0.191. The second-order valence-corrected chi connectivity index (χ2v) is 6.86. The van der Waals surface area contributed by atoms with Crippen molar-refractivity contribution < 1.29 is 19.4 Å². The molecule has 4 heteroatoms. The molecular formula is C20H30O4. The number of esters is 1. The van der Waals surface area contributed by atoms with Crippen LogP contribution in [0.4, 0.5) is 0 Å². The summed E-state index contributed by atoms with van der Waals surface area (Å²) in [5.41, 5.74) is 0.929. The summed E-state index contributed by atoms with van der Waals surface area (Å²) >= 11 is 0. The lowest BCUT2D eigenvalue weighted by atomic mass is 9.85. The summed E-state index contributed by atoms with van der Waals surface area (Å²) in [5.74, 6) is -0.938. The molecule has 1 heterocycles. The van der Waals surface area contributed by atoms with Gasteiger partial charge >= 0.3 is 11.9 Å². The van der Waals surface area contributed by atoms with Crippen LogP contribution in [0.1, 0.15) is 58.8 Å². The molecule has 0 fully saturated rings. The minimum atomic E-state index is -0.983. The number of carboxylic acid groups (broad SMARTS) is 1. The van der Waals surface area contributed by atoms with Crippen molar-refractivity contribution in [3.63, 3.8) is 0 Å². The van der Waals surface area contributed by atoms with Crippen LogP contribution in [0.15, 0.2) is 36.5 Å². The van der Waals surface area contributed by atoms with Crippen molar-refractivity contribution in [3.8, 4) is 0 Å². The molecule has 24 heavy (non-hydrogen) atoms. The Labute approximate surface area is 145 Å². The van der Waals surface area contributed by atoms with Gasteiger partial charge < -0.3 is 9.84 Å². The minimum Gasteiger partial charge on any atom is -0.478 e. The molecular weight excluding hydrogens is 304 g/mol. The van der Waals surface area contributed by atoms with E-state index in [1.165, 1.54) is 0 Å². The van der Waals surface area contributed by atoms with Gasteiger partial charge in [-0.1, -0.05) is 38.7 Å². The lowest BCUT2D eigenvalue weighted by Crippen LogP contribution is -2.25. The number of hydrogen-bond donors (Lipinski definition) is 1. The third-order valence-electron chi connectivity index (χ3n) is 4.61. The number of rotatable bonds is 3. The Morgan fingerprint density at radius 3 is 2.50 bits per heavy atom. The zero-order valence-electron chi connectivity index (χ0n) is 14.9. The first kappa shape index (κ1) is 20.2. The van der Waals surface area contributed by atoms with Crippen LogP contribution >= 0.6 is 0 Å². The van der Waals surface area contributed by atoms with Crippen LogP contribution in [-0.4, -0.2) is 23.1 Å². The smallest absolute Gasteiger partial charge is 0.331 e. The quantitative estimate of drug-likeness (QED) is 0.463. The Bertz CT molecular complexity index is 504. The molecule has 1 aliphatic rings. The monoisotopic (exact) mass is 334 g/mol. The highest BCUT2D eigenvalue weighted by atomic mass is 16.5. The van der Waals surface area contributed by atoms with Gasteiger partial charge in [0.15, 0.2) is 0 Å². The molecule has 134 valence electrons. The maximum Gasteiger partial charge on any atom is 0.331 e. The highest BCUT2D eigenvalue weighted by Crippen LogP contribution is 2.28. The molecule has 0 radical (unpaired) electrons. The number of aliphatic carboxylic acids is 1. The Kier molecular flexibility index (Phi) is 8.51. The molecule has 0 saturated heterocycles. The number of carboxylic acids is 1. The molecule has 0 saturated carbocycles. The summed E-state index contributed by atoms with van der Waals surface area (Å²) in [4.78, 5) is 23.4. The molecule has 1 aliphatic heterocycles. The van der Waals surface area contributed by atoms with Crippen molar-refractivity contribution >= 4 is 11.9 Å². The van der Waals surface area contributed by atoms with E-state index in [1.807, 2.05) is 13.0 Å². The van der Waals surface area contributed by atoms with Gasteiger partial charge in [-0.15, -0.1) is 0 Å². The van der Waals surface area contributed by atoms with Crippen LogP contribution in [-0.2, 0) is 14.3 Å². The van der Waals surface area contributed by atoms with Gasteiger partial charge in [0.05, 0.1) is 0 Å². The van der Waals surface area contributed by atoms with Gasteiger partial charge in [-0.25, -0.2) is 4.79 Å². The standard InChI is InChI=1S/C20H30O4/c1-14(2)18-13-17(16(4)20(22)23)12-11-15(3)9-7-5-6-8-10-19(21)24-18/h5-6,15,17-18H,1,4,7-13H2,2-3H3,(H,22,23)/b6-5-. The van der Waals surface area contributed by atoms with E-state index in [4.69, 9.17) is 4.74 Å². The molecule has 0 aliphatic carbocycles. The van der Waals surface area contributed by atoms with Gasteiger partial charge in [0, 0.05) is 12.0 Å². The molecule has 1 rings (SSSR count). The van der Waals surface area contributed by atoms with E-state index < -0.39 is 12.1 Å². The van der Waals surface area contributed by atoms with E-state index >= 15 is 0 Å². The highest BCUT2D eigenvalue weighted by molar-refractivity contribution is 5.86. The molecule has 0 bridgehead atoms. The number of cyclic esters (lactones) is 1. The fourth-order valence-electron chi connectivity index (χ4n) is 2.88. The van der Waals surface area contributed by atoms with Gasteiger partial charge in [0.2, 0.25) is 0 Å². The lowest BCUT2D eigenvalue weighted by Gasteiger charge is -2.25. The summed E-state index contributed by atoms with van der Waals surface area (Å²) in [5, 5.41) is 9.31. The maximum absolute atomic E-state index is 12.0. The second kappa shape index (κ2) is 10.1. The Morgan fingerprint density at radius 2 is 1.88 bits per heavy atom. The van der Waals surface area contributed by atoms with Crippen LogP contribution in [0.3, 0.4) is 0 Å². The number of hydrogen-bond acceptors (Lipinski definition) is 3. The van der Waals surface area contributed by atoms with Crippen molar-refractivity contribution in [1.29, 1.82) is 0 Å². The van der Waals surface area contributed by atoms with E-state index in [0.29, 0.717) is 25.2 Å². The molecule has 0 spiro atoms. The highest BCUT2D eigenvalue weighted by Gasteiger charge is 2.26. The number of carbonyl (C=O) groups excluding carboxylic acids is 1. The van der Waals surface area contributed by atoms with Crippen molar-refractivity contribution in [3.05, 3.63) is 36.5 Å². The average molecular weight is 334 g/mol. The summed E-state index contributed by atoms with van der Waals surface area (Å²) in [6.07, 6.45) is 8.84. The van der Waals surface area contributed by atoms with Gasteiger partial charge in [-0.05, 0) is 56.4 Å². The third-order valence-corrected chi connectivity index (χ3v) is 4.61. The van der Waals surface area contributed by atoms with Crippen LogP contribution < -0.4 is 0 Å². The molecule has 0 aromatic carbocycles. The first-order valence-electron chi connectivity index (χ1n) is 8.73. The Morgan fingerprint density at radius 1 is 1.21 bits per heavy atom. The zero-order valence-corrected chi connectivity index (χ0v) is 14.9. The Hall–Kier alpha value is -1.84. The predicted octanol–water partition coefficient (Wildman–Crippen LogP) is 4.67. The van der Waals surface area contributed by atoms with Gasteiger partial charge in [0.25, 0.3) is 0 Å². The van der Waals surface area contributed by atoms with E-state index in [0.717, 1.165) is 31.3 Å². The van der Waals surface area contributed by atoms with Gasteiger partial charge in [-0.3, -0.25) is 4.79 Å². The van der Waals surface area contributed by atoms with Crippen LogP contribution in [0.25, 0.3) is 0 Å². The predicted molar refractivity (Wildman–Crippen MR) is 95.6 cm³/mol. The van der Waals surface area contributed by atoms with Crippen LogP contribution in [0.5, 0.6) is 0 Å². The van der Waals surface area contributed by atoms with Crippen LogP contribution in [0, 0.1) is 11.8 Å². The molecule has 3 unspecified atom stereocenters. The molecule has 4 nitrogen and oxygen atoms in total. The van der Waals surface area contributed by atoms with E-state index in [1.54, 1.807) is 0 Å². The zero-order chi connectivity index (χ0) is 18.1. The summed E-state index contributed by atoms with van der Waals surface area (Å²) < 4.78 is 5.54. The fourth-order valence-corrected chi connectivity index (χ4v) is 2.88. The molecule has 0 amide bonds. The number of carbonyl (C=O) groups is 2. The van der Waals surface area contributed by atoms with Crippen molar-refractivity contribution in [1.82, 2.24) is 0 Å². The average Bonchev–Trinajstić information content (AvgIpc) is 2.51. The normalized spacial score (nSPS) is 28.2. The maximum atomic E-state index is 12.0. The van der Waals surface area contributed by atoms with Crippen LogP contribution in [0.2, 0.25) is 0 Å². The molecule has 0 aromatic heterocycles. The molecule has 1 N–H and O–H groups in total. The number of allylic oxidation sites excluding steroid dienone is 2. The van der Waals surface area contributed by atoms with Crippen molar-refractivity contribution in [2.75, 3.05) is 0 Å². The largest absolute Gasteiger partial charge is 0.478 e. The summed E-state index contributed by atoms with van der Waals surface area (Å²) in [6, 6.07) is 0. The first-order chi connectivity index (χ1) is 11.3. The Balaban J connectivity index is 2.94. The molecule has 0 aromatic rings. The SMILES string of the molecule is C=C(C(=O)O)C1CCC(C)CC/C=C\CCC(=O)OC(C(=C)C)C1. The first-order valence-corrected chi connectivity index (χ1v) is 8.73. The van der Waals surface area contributed by atoms with E-state index in [9.17, 15) is 14.7 Å². The van der Waals surface area contributed by atoms with Gasteiger partial charge in [0.1, 0.15) is 6.10 Å². The second-order valence-electron chi connectivity index (χ2n) is 6.86. The number of ether oxygens (including phenoxy) is 1. The van der Waals surface area contributed by atoms with Crippen molar-refractivity contribution in [2.24, 2.45) is 11.8 Å².